The second-order valence-electron chi connectivity index (χ2n) is 10.9. The van der Waals surface area contributed by atoms with Gasteiger partial charge in [0.15, 0.2) is 0 Å². The normalized spacial score (nSPS) is 13.1. The number of nitrogens with one attached hydrogen (secondary N) is 4. The van der Waals surface area contributed by atoms with Crippen LogP contribution >= 0.6 is 0 Å². The number of aliphatic hydroxyl groups is 1. The van der Waals surface area contributed by atoms with Crippen molar-refractivity contribution in [2.24, 2.45) is 11.8 Å². The Balaban J connectivity index is 0.000000319. The van der Waals surface area contributed by atoms with Gasteiger partial charge in [-0.15, -0.1) is 4.83 Å². The lowest BCUT2D eigenvalue weighted by Gasteiger charge is -2.17. The minimum absolute atomic E-state index is 0.121. The monoisotopic (exact) mass is 568 g/mol. The highest BCUT2D eigenvalue weighted by molar-refractivity contribution is 7.89. The minimum Gasteiger partial charge on any atom is -0.392 e. The largest absolute Gasteiger partial charge is 0.392 e. The maximum atomic E-state index is 12.1. The third-order valence-electron chi connectivity index (χ3n) is 7.04. The highest BCUT2D eigenvalue weighted by Gasteiger charge is 2.12. The van der Waals surface area contributed by atoms with Gasteiger partial charge in [0.05, 0.1) is 11.5 Å². The highest BCUT2D eigenvalue weighted by Crippen LogP contribution is 2.09. The van der Waals surface area contributed by atoms with Gasteiger partial charge in [-0.1, -0.05) is 94.4 Å². The van der Waals surface area contributed by atoms with Crippen LogP contribution in [0.15, 0.2) is 83.8 Å². The fourth-order valence-electron chi connectivity index (χ4n) is 3.46. The van der Waals surface area contributed by atoms with Crippen molar-refractivity contribution in [2.45, 2.75) is 84.8 Å². The van der Waals surface area contributed by atoms with Crippen LogP contribution in [0.4, 0.5) is 0 Å². The first kappa shape index (κ1) is 33.6. The van der Waals surface area contributed by atoms with Crippen molar-refractivity contribution in [2.75, 3.05) is 0 Å². The topological polar surface area (TPSA) is 102 Å². The van der Waals surface area contributed by atoms with E-state index >= 15 is 0 Å². The molecule has 3 rings (SSSR count). The summed E-state index contributed by atoms with van der Waals surface area (Å²) >= 11 is 0. The molecule has 0 heterocycles. The molecule has 0 radical (unpaired) electrons. The zero-order chi connectivity index (χ0) is 29.5. The lowest BCUT2D eigenvalue weighted by Crippen LogP contribution is -2.36. The molecule has 7 nitrogen and oxygen atoms in total. The fourth-order valence-corrected chi connectivity index (χ4v) is 4.35. The maximum Gasteiger partial charge on any atom is 0.253 e. The predicted octanol–water partition coefficient (Wildman–Crippen LogP) is 5.12. The zero-order valence-electron chi connectivity index (χ0n) is 24.8. The van der Waals surface area contributed by atoms with Gasteiger partial charge in [0.1, 0.15) is 0 Å². The van der Waals surface area contributed by atoms with Gasteiger partial charge < -0.3 is 15.7 Å². The van der Waals surface area contributed by atoms with Crippen LogP contribution in [0.2, 0.25) is 0 Å². The van der Waals surface area contributed by atoms with Gasteiger partial charge in [0.2, 0.25) is 0 Å². The smallest absolute Gasteiger partial charge is 0.253 e. The van der Waals surface area contributed by atoms with Crippen LogP contribution in [0.1, 0.15) is 63.8 Å². The Bertz CT molecular complexity index is 1200. The van der Waals surface area contributed by atoms with Crippen molar-refractivity contribution in [3.05, 3.63) is 101 Å². The molecule has 5 N–H and O–H groups in total. The van der Waals surface area contributed by atoms with Crippen molar-refractivity contribution in [3.63, 3.8) is 0 Å². The maximum absolute atomic E-state index is 12.1. The van der Waals surface area contributed by atoms with Crippen LogP contribution in [0.25, 0.3) is 0 Å². The summed E-state index contributed by atoms with van der Waals surface area (Å²) in [6, 6.07) is 25.5. The van der Waals surface area contributed by atoms with E-state index in [-0.39, 0.29) is 11.5 Å². The molecule has 3 aromatic rings. The predicted molar refractivity (Wildman–Crippen MR) is 165 cm³/mol. The Labute approximate surface area is 241 Å². The second kappa shape index (κ2) is 17.3. The summed E-state index contributed by atoms with van der Waals surface area (Å²) in [6.45, 7) is 15.5. The number of hydrazine groups is 1. The zero-order valence-corrected chi connectivity index (χ0v) is 25.6. The number of rotatable bonds is 14. The highest BCUT2D eigenvalue weighted by atomic mass is 32.2. The van der Waals surface area contributed by atoms with Crippen molar-refractivity contribution >= 4 is 10.0 Å². The van der Waals surface area contributed by atoms with E-state index in [1.165, 1.54) is 11.1 Å². The number of hydrogen-bond donors (Lipinski definition) is 5. The molecule has 220 valence electrons. The van der Waals surface area contributed by atoms with Crippen LogP contribution in [-0.4, -0.2) is 25.6 Å². The SMILES string of the molecule is CC(C)C(C)NCc1ccc(CNNS(=O)(=O)c2ccccc2)cc1.CC(C)C(C)NCc1ccc(CO)cc1. The molecule has 3 aromatic carbocycles. The van der Waals surface area contributed by atoms with E-state index in [0.717, 1.165) is 24.2 Å². The average Bonchev–Trinajstić information content (AvgIpc) is 2.96. The van der Waals surface area contributed by atoms with Crippen LogP contribution < -0.4 is 20.9 Å². The van der Waals surface area contributed by atoms with Gasteiger partial charge in [-0.3, -0.25) is 0 Å². The van der Waals surface area contributed by atoms with Crippen molar-refractivity contribution in [1.82, 2.24) is 20.9 Å². The molecule has 2 atom stereocenters. The molecule has 40 heavy (non-hydrogen) atoms. The van der Waals surface area contributed by atoms with Gasteiger partial charge in [0.25, 0.3) is 10.0 Å². The molecule has 0 saturated carbocycles. The standard InChI is InChI=1S/C19H27N3O2S.C13H21NO/c1-15(2)16(3)20-13-17-9-11-18(12-10-17)14-21-22-25(23,24)19-7-5-4-6-8-19;1-10(2)11(3)14-8-12-4-6-13(9-15)7-5-12/h4-12,15-16,20-22H,13-14H2,1-3H3;4-7,10-11,14-15H,8-9H2,1-3H3. The van der Waals surface area contributed by atoms with Crippen molar-refractivity contribution in [1.29, 1.82) is 0 Å². The molecule has 0 aliphatic carbocycles. The molecule has 0 amide bonds. The van der Waals surface area contributed by atoms with Gasteiger partial charge in [-0.2, -0.15) is 0 Å². The molecule has 0 bridgehead atoms. The van der Waals surface area contributed by atoms with Gasteiger partial charge in [0, 0.05) is 31.7 Å². The second-order valence-corrected chi connectivity index (χ2v) is 12.6. The van der Waals surface area contributed by atoms with E-state index in [1.807, 2.05) is 24.3 Å². The minimum atomic E-state index is -3.54. The Kier molecular flexibility index (Phi) is 14.5. The molecular formula is C32H48N4O3S. The third-order valence-corrected chi connectivity index (χ3v) is 8.34. The molecule has 0 aliphatic heterocycles. The van der Waals surface area contributed by atoms with Crippen LogP contribution in [-0.2, 0) is 36.3 Å². The summed E-state index contributed by atoms with van der Waals surface area (Å²) in [4.78, 5) is 2.64. The molecule has 0 spiro atoms. The average molecular weight is 569 g/mol. The molecular weight excluding hydrogens is 520 g/mol. The van der Waals surface area contributed by atoms with E-state index < -0.39 is 10.0 Å². The van der Waals surface area contributed by atoms with E-state index in [0.29, 0.717) is 30.5 Å². The Morgan fingerprint density at radius 3 is 1.40 bits per heavy atom. The molecule has 0 fully saturated rings. The Morgan fingerprint density at radius 2 is 1.00 bits per heavy atom. The van der Waals surface area contributed by atoms with Crippen LogP contribution in [0, 0.1) is 11.8 Å². The Hall–Kier alpha value is -2.59. The summed E-state index contributed by atoms with van der Waals surface area (Å²) in [7, 11) is -3.54. The molecule has 0 saturated heterocycles. The summed E-state index contributed by atoms with van der Waals surface area (Å²) < 4.78 is 24.2. The Morgan fingerprint density at radius 1 is 0.600 bits per heavy atom. The quantitative estimate of drug-likeness (QED) is 0.173. The van der Waals surface area contributed by atoms with E-state index in [2.05, 4.69) is 86.7 Å². The van der Waals surface area contributed by atoms with Crippen LogP contribution in [0.3, 0.4) is 0 Å². The summed E-state index contributed by atoms with van der Waals surface area (Å²) in [5.74, 6) is 1.25. The first-order chi connectivity index (χ1) is 19.0. The molecule has 2 unspecified atom stereocenters. The van der Waals surface area contributed by atoms with E-state index in [9.17, 15) is 8.42 Å². The third kappa shape index (κ3) is 12.3. The first-order valence-electron chi connectivity index (χ1n) is 14.0. The summed E-state index contributed by atoms with van der Waals surface area (Å²) in [5, 5.41) is 15.9. The first-order valence-corrected chi connectivity index (χ1v) is 15.5. The number of benzene rings is 3. The molecule has 0 aliphatic rings. The fraction of sp³-hybridized carbons (Fsp3) is 0.438. The number of sulfonamides is 1. The molecule has 8 heteroatoms. The number of hydrogen-bond acceptors (Lipinski definition) is 6. The van der Waals surface area contributed by atoms with E-state index in [4.69, 9.17) is 5.11 Å². The number of aliphatic hydroxyl groups excluding tert-OH is 1. The van der Waals surface area contributed by atoms with E-state index in [1.54, 1.807) is 30.3 Å². The molecule has 0 aromatic heterocycles. The lowest BCUT2D eigenvalue weighted by atomic mass is 10.1. The van der Waals surface area contributed by atoms with Gasteiger partial charge in [-0.05, 0) is 60.1 Å². The van der Waals surface area contributed by atoms with Crippen LogP contribution in [0.5, 0.6) is 0 Å². The summed E-state index contributed by atoms with van der Waals surface area (Å²) in [6.07, 6.45) is 0. The van der Waals surface area contributed by atoms with Crippen molar-refractivity contribution in [3.8, 4) is 0 Å². The van der Waals surface area contributed by atoms with Crippen molar-refractivity contribution < 1.29 is 13.5 Å². The lowest BCUT2D eigenvalue weighted by molar-refractivity contribution is 0.282. The summed E-state index contributed by atoms with van der Waals surface area (Å²) in [5.41, 5.74) is 7.22. The van der Waals surface area contributed by atoms with Gasteiger partial charge >= 0.3 is 0 Å². The van der Waals surface area contributed by atoms with Gasteiger partial charge in [-0.25, -0.2) is 13.8 Å².